The van der Waals surface area contributed by atoms with Crippen LogP contribution >= 0.6 is 11.8 Å². The number of hydrogen-bond donors (Lipinski definition) is 0. The maximum Gasteiger partial charge on any atom is 0.187 e. The molecule has 2 aromatic heterocycles. The van der Waals surface area contributed by atoms with Gasteiger partial charge in [-0.15, -0.1) is 0 Å². The van der Waals surface area contributed by atoms with E-state index in [1.54, 1.807) is 11.8 Å². The van der Waals surface area contributed by atoms with Crippen LogP contribution in [0.3, 0.4) is 0 Å². The Morgan fingerprint density at radius 2 is 2.24 bits per heavy atom. The molecule has 5 nitrogen and oxygen atoms in total. The Hall–Kier alpha value is -1.40. The second-order valence-electron chi connectivity index (χ2n) is 5.72. The van der Waals surface area contributed by atoms with Gasteiger partial charge in [-0.1, -0.05) is 11.8 Å². The van der Waals surface area contributed by atoms with Crippen LogP contribution in [0.15, 0.2) is 23.6 Å². The molecule has 21 heavy (non-hydrogen) atoms. The molecular formula is C15H18N4OS. The van der Waals surface area contributed by atoms with Gasteiger partial charge in [-0.2, -0.15) is 5.10 Å². The van der Waals surface area contributed by atoms with Crippen molar-refractivity contribution in [1.82, 2.24) is 19.7 Å². The maximum absolute atomic E-state index is 5.33. The van der Waals surface area contributed by atoms with Gasteiger partial charge in [-0.3, -0.25) is 4.68 Å². The summed E-state index contributed by atoms with van der Waals surface area (Å²) in [7, 11) is 0. The first-order valence-corrected chi connectivity index (χ1v) is 8.59. The standard InChI is InChI=1S/C15H18N4OS/c1-21-15-16-5-4-13(18-15)12-7-17-19(11-8-20-9-11)14(12)6-10-2-3-10/h4-5,7,10-11H,2-3,6,8-9H2,1H3. The van der Waals surface area contributed by atoms with E-state index in [4.69, 9.17) is 4.74 Å². The third-order valence-electron chi connectivity index (χ3n) is 4.14. The SMILES string of the molecule is CSc1nccc(-c2cnn(C3COC3)c2CC2CC2)n1. The van der Waals surface area contributed by atoms with Crippen LogP contribution < -0.4 is 0 Å². The summed E-state index contributed by atoms with van der Waals surface area (Å²) in [4.78, 5) is 8.89. The second kappa shape index (κ2) is 5.42. The van der Waals surface area contributed by atoms with Crippen molar-refractivity contribution >= 4 is 11.8 Å². The van der Waals surface area contributed by atoms with E-state index < -0.39 is 0 Å². The summed E-state index contributed by atoms with van der Waals surface area (Å²) in [6.07, 6.45) is 9.57. The van der Waals surface area contributed by atoms with Gasteiger partial charge in [0.25, 0.3) is 0 Å². The van der Waals surface area contributed by atoms with Gasteiger partial charge < -0.3 is 4.74 Å². The fourth-order valence-electron chi connectivity index (χ4n) is 2.67. The van der Waals surface area contributed by atoms with Gasteiger partial charge in [0.2, 0.25) is 0 Å². The molecule has 2 aliphatic rings. The van der Waals surface area contributed by atoms with Crippen LogP contribution in [0.1, 0.15) is 24.6 Å². The Balaban J connectivity index is 1.73. The molecule has 1 aliphatic carbocycles. The monoisotopic (exact) mass is 302 g/mol. The highest BCUT2D eigenvalue weighted by molar-refractivity contribution is 7.98. The Labute approximate surface area is 128 Å². The van der Waals surface area contributed by atoms with Crippen molar-refractivity contribution in [1.29, 1.82) is 0 Å². The van der Waals surface area contributed by atoms with E-state index in [1.165, 1.54) is 18.5 Å². The lowest BCUT2D eigenvalue weighted by Gasteiger charge is -2.28. The molecule has 0 N–H and O–H groups in total. The first-order valence-electron chi connectivity index (χ1n) is 7.36. The molecule has 0 radical (unpaired) electrons. The molecule has 2 aromatic rings. The molecule has 6 heteroatoms. The molecule has 1 saturated heterocycles. The summed E-state index contributed by atoms with van der Waals surface area (Å²) in [5, 5.41) is 5.43. The number of aromatic nitrogens is 4. The van der Waals surface area contributed by atoms with Crippen molar-refractivity contribution in [2.75, 3.05) is 19.5 Å². The van der Waals surface area contributed by atoms with Gasteiger partial charge in [0.05, 0.1) is 31.1 Å². The van der Waals surface area contributed by atoms with Crippen LogP contribution in [0, 0.1) is 5.92 Å². The quantitative estimate of drug-likeness (QED) is 0.627. The summed E-state index contributed by atoms with van der Waals surface area (Å²) < 4.78 is 7.49. The third kappa shape index (κ3) is 2.58. The molecule has 1 aliphatic heterocycles. The summed E-state index contributed by atoms with van der Waals surface area (Å²) in [5.41, 5.74) is 3.46. The van der Waals surface area contributed by atoms with E-state index in [2.05, 4.69) is 19.7 Å². The van der Waals surface area contributed by atoms with E-state index in [-0.39, 0.29) is 0 Å². The molecule has 1 saturated carbocycles. The van der Waals surface area contributed by atoms with Crippen molar-refractivity contribution in [2.45, 2.75) is 30.5 Å². The molecule has 2 fully saturated rings. The zero-order chi connectivity index (χ0) is 14.2. The second-order valence-corrected chi connectivity index (χ2v) is 6.49. The topological polar surface area (TPSA) is 52.8 Å². The predicted molar refractivity (Wildman–Crippen MR) is 81.3 cm³/mol. The van der Waals surface area contributed by atoms with E-state index in [1.807, 2.05) is 24.7 Å². The van der Waals surface area contributed by atoms with Gasteiger partial charge >= 0.3 is 0 Å². The van der Waals surface area contributed by atoms with Crippen molar-refractivity contribution < 1.29 is 4.74 Å². The van der Waals surface area contributed by atoms with Crippen molar-refractivity contribution in [3.63, 3.8) is 0 Å². The van der Waals surface area contributed by atoms with Crippen molar-refractivity contribution in [3.05, 3.63) is 24.2 Å². The van der Waals surface area contributed by atoms with E-state index in [0.29, 0.717) is 6.04 Å². The first-order chi connectivity index (χ1) is 10.3. The molecule has 0 unspecified atom stereocenters. The summed E-state index contributed by atoms with van der Waals surface area (Å²) in [6, 6.07) is 2.38. The summed E-state index contributed by atoms with van der Waals surface area (Å²) in [6.45, 7) is 1.55. The molecular weight excluding hydrogens is 284 g/mol. The highest BCUT2D eigenvalue weighted by Crippen LogP contribution is 2.37. The lowest BCUT2D eigenvalue weighted by molar-refractivity contribution is -0.0298. The molecule has 110 valence electrons. The van der Waals surface area contributed by atoms with Crippen molar-refractivity contribution in [2.24, 2.45) is 5.92 Å². The first kappa shape index (κ1) is 13.3. The van der Waals surface area contributed by atoms with Crippen LogP contribution in [0.25, 0.3) is 11.3 Å². The van der Waals surface area contributed by atoms with E-state index in [9.17, 15) is 0 Å². The smallest absolute Gasteiger partial charge is 0.187 e. The predicted octanol–water partition coefficient (Wildman–Crippen LogP) is 2.59. The fraction of sp³-hybridized carbons (Fsp3) is 0.533. The summed E-state index contributed by atoms with van der Waals surface area (Å²) >= 11 is 1.57. The van der Waals surface area contributed by atoms with Crippen LogP contribution in [0.5, 0.6) is 0 Å². The van der Waals surface area contributed by atoms with Gasteiger partial charge in [-0.25, -0.2) is 9.97 Å². The van der Waals surface area contributed by atoms with Crippen LogP contribution in [-0.4, -0.2) is 39.2 Å². The lowest BCUT2D eigenvalue weighted by atomic mass is 10.1. The zero-order valence-corrected chi connectivity index (χ0v) is 12.8. The zero-order valence-electron chi connectivity index (χ0n) is 12.0. The van der Waals surface area contributed by atoms with Gasteiger partial charge in [-0.05, 0) is 37.5 Å². The average molecular weight is 302 g/mol. The third-order valence-corrected chi connectivity index (χ3v) is 4.70. The number of nitrogens with zero attached hydrogens (tertiary/aromatic N) is 4. The fourth-order valence-corrected chi connectivity index (χ4v) is 3.02. The van der Waals surface area contributed by atoms with Gasteiger partial charge in [0.1, 0.15) is 0 Å². The molecule has 4 rings (SSSR count). The highest BCUT2D eigenvalue weighted by atomic mass is 32.2. The van der Waals surface area contributed by atoms with Gasteiger partial charge in [0.15, 0.2) is 5.16 Å². The van der Waals surface area contributed by atoms with Crippen LogP contribution in [0.2, 0.25) is 0 Å². The largest absolute Gasteiger partial charge is 0.377 e. The average Bonchev–Trinajstić information content (AvgIpc) is 3.19. The van der Waals surface area contributed by atoms with E-state index in [0.717, 1.165) is 42.0 Å². The highest BCUT2D eigenvalue weighted by Gasteiger charge is 2.30. The number of ether oxygens (including phenoxy) is 1. The number of hydrogen-bond acceptors (Lipinski definition) is 5. The van der Waals surface area contributed by atoms with Gasteiger partial charge in [0, 0.05) is 17.5 Å². The Kier molecular flexibility index (Phi) is 3.43. The van der Waals surface area contributed by atoms with E-state index >= 15 is 0 Å². The van der Waals surface area contributed by atoms with Crippen LogP contribution in [0.4, 0.5) is 0 Å². The molecule has 0 amide bonds. The Bertz CT molecular complexity index is 649. The Morgan fingerprint density at radius 3 is 2.90 bits per heavy atom. The minimum absolute atomic E-state index is 0.398. The Morgan fingerprint density at radius 1 is 1.38 bits per heavy atom. The number of rotatable bonds is 5. The molecule has 3 heterocycles. The molecule has 0 spiro atoms. The normalized spacial score (nSPS) is 18.7. The molecule has 0 aromatic carbocycles. The summed E-state index contributed by atoms with van der Waals surface area (Å²) in [5.74, 6) is 0.821. The minimum atomic E-state index is 0.398. The molecule has 0 atom stereocenters. The minimum Gasteiger partial charge on any atom is -0.377 e. The molecule has 0 bridgehead atoms. The van der Waals surface area contributed by atoms with Crippen LogP contribution in [-0.2, 0) is 11.2 Å². The number of thioether (sulfide) groups is 1. The van der Waals surface area contributed by atoms with Crippen molar-refractivity contribution in [3.8, 4) is 11.3 Å². The lowest BCUT2D eigenvalue weighted by Crippen LogP contribution is -2.32. The maximum atomic E-state index is 5.33.